The third kappa shape index (κ3) is 2.18. The van der Waals surface area contributed by atoms with Gasteiger partial charge in [-0.3, -0.25) is 9.48 Å². The minimum Gasteiger partial charge on any atom is -0.476 e. The Morgan fingerprint density at radius 3 is 2.79 bits per heavy atom. The van der Waals surface area contributed by atoms with Gasteiger partial charge in [-0.1, -0.05) is 13.8 Å². The van der Waals surface area contributed by atoms with Crippen LogP contribution in [-0.2, 0) is 6.54 Å². The molecule has 0 saturated carbocycles. The maximum Gasteiger partial charge on any atom is 0.356 e. The average molecular weight is 196 g/mol. The summed E-state index contributed by atoms with van der Waals surface area (Å²) in [6.07, 6.45) is 0.613. The zero-order valence-electron chi connectivity index (χ0n) is 8.10. The molecule has 76 valence electrons. The highest BCUT2D eigenvalue weighted by molar-refractivity contribution is 5.87. The van der Waals surface area contributed by atoms with Crippen molar-refractivity contribution in [3.63, 3.8) is 0 Å². The Morgan fingerprint density at radius 2 is 2.36 bits per heavy atom. The third-order valence-corrected chi connectivity index (χ3v) is 1.69. The molecule has 0 spiro atoms. The molecule has 0 atom stereocenters. The molecule has 0 fully saturated rings. The van der Waals surface area contributed by atoms with E-state index in [0.29, 0.717) is 24.4 Å². The van der Waals surface area contributed by atoms with Gasteiger partial charge in [-0.2, -0.15) is 5.10 Å². The van der Waals surface area contributed by atoms with Gasteiger partial charge in [-0.25, -0.2) is 4.79 Å². The largest absolute Gasteiger partial charge is 0.476 e. The van der Waals surface area contributed by atoms with Crippen molar-refractivity contribution in [3.8, 4) is 0 Å². The molecule has 0 radical (unpaired) electrons. The molecule has 0 aliphatic carbocycles. The molecule has 0 amide bonds. The summed E-state index contributed by atoms with van der Waals surface area (Å²) in [6.45, 7) is 4.48. The van der Waals surface area contributed by atoms with Crippen molar-refractivity contribution in [1.29, 1.82) is 0 Å². The van der Waals surface area contributed by atoms with Crippen LogP contribution in [0.4, 0.5) is 0 Å². The predicted molar refractivity (Wildman–Crippen MR) is 49.4 cm³/mol. The van der Waals surface area contributed by atoms with Crippen LogP contribution in [-0.4, -0.2) is 27.1 Å². The third-order valence-electron chi connectivity index (χ3n) is 1.69. The van der Waals surface area contributed by atoms with Crippen molar-refractivity contribution < 1.29 is 14.7 Å². The summed E-state index contributed by atoms with van der Waals surface area (Å²) < 4.78 is 1.42. The van der Waals surface area contributed by atoms with E-state index in [1.54, 1.807) is 0 Å². The average Bonchev–Trinajstić information content (AvgIpc) is 2.46. The lowest BCUT2D eigenvalue weighted by Gasteiger charge is -2.05. The van der Waals surface area contributed by atoms with Gasteiger partial charge in [0.2, 0.25) is 0 Å². The molecule has 0 aromatic carbocycles. The molecular weight excluding hydrogens is 184 g/mol. The van der Waals surface area contributed by atoms with Crippen molar-refractivity contribution in [2.24, 2.45) is 5.92 Å². The first kappa shape index (κ1) is 10.4. The Hall–Kier alpha value is -1.65. The Bertz CT molecular complexity index is 355. The minimum atomic E-state index is -1.12. The van der Waals surface area contributed by atoms with E-state index in [4.69, 9.17) is 5.11 Å². The second-order valence-electron chi connectivity index (χ2n) is 3.45. The summed E-state index contributed by atoms with van der Waals surface area (Å²) in [5.74, 6) is -0.800. The smallest absolute Gasteiger partial charge is 0.356 e. The zero-order chi connectivity index (χ0) is 10.7. The number of carbonyl (C=O) groups excluding carboxylic acids is 1. The number of carboxylic acid groups (broad SMARTS) is 1. The summed E-state index contributed by atoms with van der Waals surface area (Å²) in [6, 6.07) is 1.28. The highest BCUT2D eigenvalue weighted by Gasteiger charge is 2.12. The van der Waals surface area contributed by atoms with Crippen LogP contribution in [0, 0.1) is 5.92 Å². The Labute approximate surface area is 81.3 Å². The fourth-order valence-electron chi connectivity index (χ4n) is 1.12. The van der Waals surface area contributed by atoms with Crippen LogP contribution in [0.2, 0.25) is 0 Å². The molecule has 1 aromatic rings. The van der Waals surface area contributed by atoms with Crippen molar-refractivity contribution in [2.45, 2.75) is 20.4 Å². The van der Waals surface area contributed by atoms with Crippen molar-refractivity contribution in [1.82, 2.24) is 9.78 Å². The predicted octanol–water partition coefficient (Wildman–Crippen LogP) is 1.05. The summed E-state index contributed by atoms with van der Waals surface area (Å²) in [5, 5.41) is 12.5. The first-order valence-corrected chi connectivity index (χ1v) is 4.31. The fraction of sp³-hybridized carbons (Fsp3) is 0.444. The normalized spacial score (nSPS) is 10.5. The molecule has 1 rings (SSSR count). The monoisotopic (exact) mass is 196 g/mol. The molecule has 1 aromatic heterocycles. The van der Waals surface area contributed by atoms with Gasteiger partial charge in [0.05, 0.1) is 0 Å². The maximum absolute atomic E-state index is 10.6. The van der Waals surface area contributed by atoms with Crippen LogP contribution in [0.25, 0.3) is 0 Å². The van der Waals surface area contributed by atoms with Gasteiger partial charge in [0.1, 0.15) is 5.69 Å². The summed E-state index contributed by atoms with van der Waals surface area (Å²) >= 11 is 0. The highest BCUT2D eigenvalue weighted by atomic mass is 16.4. The second kappa shape index (κ2) is 4.04. The van der Waals surface area contributed by atoms with E-state index in [2.05, 4.69) is 5.10 Å². The van der Waals surface area contributed by atoms with Crippen molar-refractivity contribution >= 4 is 12.3 Å². The topological polar surface area (TPSA) is 72.2 Å². The molecule has 0 unspecified atom stereocenters. The van der Waals surface area contributed by atoms with Crippen LogP contribution >= 0.6 is 0 Å². The highest BCUT2D eigenvalue weighted by Crippen LogP contribution is 2.05. The lowest BCUT2D eigenvalue weighted by molar-refractivity contribution is 0.0689. The minimum absolute atomic E-state index is 0.0900. The second-order valence-corrected chi connectivity index (χ2v) is 3.45. The number of nitrogens with zero attached hydrogens (tertiary/aromatic N) is 2. The van der Waals surface area contributed by atoms with Crippen molar-refractivity contribution in [3.05, 3.63) is 17.5 Å². The summed E-state index contributed by atoms with van der Waals surface area (Å²) in [4.78, 5) is 21.2. The molecule has 1 heterocycles. The maximum atomic E-state index is 10.6. The Balaban J connectivity index is 3.02. The quantitative estimate of drug-likeness (QED) is 0.730. The van der Waals surface area contributed by atoms with Crippen LogP contribution in [0.15, 0.2) is 6.07 Å². The van der Waals surface area contributed by atoms with Crippen LogP contribution < -0.4 is 0 Å². The van der Waals surface area contributed by atoms with Crippen LogP contribution in [0.3, 0.4) is 0 Å². The number of rotatable bonds is 4. The molecule has 5 nitrogen and oxygen atoms in total. The Morgan fingerprint density at radius 1 is 1.71 bits per heavy atom. The summed E-state index contributed by atoms with van der Waals surface area (Å²) in [7, 11) is 0. The number of aromatic nitrogens is 2. The fourth-order valence-corrected chi connectivity index (χ4v) is 1.12. The van der Waals surface area contributed by atoms with Gasteiger partial charge >= 0.3 is 5.97 Å². The number of aldehydes is 1. The van der Waals surface area contributed by atoms with E-state index in [9.17, 15) is 9.59 Å². The number of hydrogen-bond donors (Lipinski definition) is 1. The van der Waals surface area contributed by atoms with Gasteiger partial charge in [-0.05, 0) is 5.92 Å². The van der Waals surface area contributed by atoms with E-state index >= 15 is 0 Å². The van der Waals surface area contributed by atoms with Gasteiger partial charge < -0.3 is 5.11 Å². The van der Waals surface area contributed by atoms with Gasteiger partial charge in [0, 0.05) is 12.6 Å². The first-order chi connectivity index (χ1) is 6.54. The molecule has 0 bridgehead atoms. The van der Waals surface area contributed by atoms with Crippen molar-refractivity contribution in [2.75, 3.05) is 0 Å². The number of aromatic carboxylic acids is 1. The molecule has 14 heavy (non-hydrogen) atoms. The first-order valence-electron chi connectivity index (χ1n) is 4.31. The molecular formula is C9H12N2O3. The lowest BCUT2D eigenvalue weighted by Crippen LogP contribution is -2.10. The van der Waals surface area contributed by atoms with E-state index < -0.39 is 5.97 Å². The van der Waals surface area contributed by atoms with Gasteiger partial charge in [0.25, 0.3) is 0 Å². The standard InChI is InChI=1S/C9H12N2O3/c1-6(2)4-11-7(5-12)3-8(10-11)9(13)14/h3,5-6H,4H2,1-2H3,(H,13,14). The number of carboxylic acids is 1. The van der Waals surface area contributed by atoms with Gasteiger partial charge in [-0.15, -0.1) is 0 Å². The van der Waals surface area contributed by atoms with Crippen LogP contribution in [0.1, 0.15) is 34.8 Å². The lowest BCUT2D eigenvalue weighted by atomic mass is 10.2. The number of hydrogen-bond acceptors (Lipinski definition) is 3. The molecule has 0 saturated heterocycles. The Kier molecular flexibility index (Phi) is 3.01. The zero-order valence-corrected chi connectivity index (χ0v) is 8.10. The molecule has 1 N–H and O–H groups in total. The SMILES string of the molecule is CC(C)Cn1nc(C(=O)O)cc1C=O. The summed E-state index contributed by atoms with van der Waals surface area (Å²) in [5.41, 5.74) is 0.212. The van der Waals surface area contributed by atoms with E-state index in [0.717, 1.165) is 0 Å². The number of carbonyl (C=O) groups is 2. The van der Waals surface area contributed by atoms with Crippen LogP contribution in [0.5, 0.6) is 0 Å². The molecule has 5 heteroatoms. The molecule has 0 aliphatic heterocycles. The van der Waals surface area contributed by atoms with E-state index in [1.165, 1.54) is 10.7 Å². The molecule has 0 aliphatic rings. The van der Waals surface area contributed by atoms with E-state index in [1.807, 2.05) is 13.8 Å². The van der Waals surface area contributed by atoms with Gasteiger partial charge in [0.15, 0.2) is 12.0 Å². The van der Waals surface area contributed by atoms with E-state index in [-0.39, 0.29) is 5.69 Å².